The second-order valence-corrected chi connectivity index (χ2v) is 4.68. The number of phenols is 4. The van der Waals surface area contributed by atoms with Crippen molar-refractivity contribution >= 4 is 5.97 Å². The van der Waals surface area contributed by atoms with E-state index in [9.17, 15) is 4.79 Å². The first-order valence-corrected chi connectivity index (χ1v) is 7.13. The SMILES string of the molecule is O=C(O)c1ccccc1O.Oc1cccc(O)c1.Oc1ccccc1. The van der Waals surface area contributed by atoms with Gasteiger partial charge in [0.2, 0.25) is 0 Å². The summed E-state index contributed by atoms with van der Waals surface area (Å²) in [6, 6.07) is 20.4. The Morgan fingerprint density at radius 2 is 1.08 bits per heavy atom. The third-order valence-electron chi connectivity index (χ3n) is 2.72. The summed E-state index contributed by atoms with van der Waals surface area (Å²) in [4.78, 5) is 10.3. The molecule has 3 aromatic carbocycles. The fourth-order valence-corrected chi connectivity index (χ4v) is 1.58. The summed E-state index contributed by atoms with van der Waals surface area (Å²) in [5.41, 5.74) is -0.0671. The van der Waals surface area contributed by atoms with Crippen molar-refractivity contribution in [2.75, 3.05) is 0 Å². The van der Waals surface area contributed by atoms with Gasteiger partial charge in [-0.3, -0.25) is 0 Å². The van der Waals surface area contributed by atoms with Gasteiger partial charge < -0.3 is 25.5 Å². The van der Waals surface area contributed by atoms with Crippen LogP contribution in [0.4, 0.5) is 0 Å². The molecule has 0 unspecified atom stereocenters. The lowest BCUT2D eigenvalue weighted by Gasteiger charge is -1.95. The molecule has 0 aliphatic heterocycles. The normalized spacial score (nSPS) is 8.96. The molecule has 0 aliphatic rings. The molecule has 0 atom stereocenters. The highest BCUT2D eigenvalue weighted by Crippen LogP contribution is 2.15. The van der Waals surface area contributed by atoms with Crippen LogP contribution in [-0.2, 0) is 0 Å². The maximum Gasteiger partial charge on any atom is 0.339 e. The number of carboxylic acid groups (broad SMARTS) is 1. The molecule has 0 spiro atoms. The fourth-order valence-electron chi connectivity index (χ4n) is 1.58. The summed E-state index contributed by atoms with van der Waals surface area (Å²) in [5, 5.41) is 43.2. The van der Waals surface area contributed by atoms with E-state index in [2.05, 4.69) is 0 Å². The minimum Gasteiger partial charge on any atom is -0.508 e. The van der Waals surface area contributed by atoms with E-state index in [1.54, 1.807) is 42.5 Å². The van der Waals surface area contributed by atoms with Gasteiger partial charge in [0, 0.05) is 6.07 Å². The van der Waals surface area contributed by atoms with Gasteiger partial charge in [-0.1, -0.05) is 36.4 Å². The molecule has 6 nitrogen and oxygen atoms in total. The molecule has 5 N–H and O–H groups in total. The minimum atomic E-state index is -1.11. The summed E-state index contributed by atoms with van der Waals surface area (Å²) in [7, 11) is 0. The molecule has 6 heteroatoms. The van der Waals surface area contributed by atoms with Crippen molar-refractivity contribution in [3.8, 4) is 23.0 Å². The monoisotopic (exact) mass is 342 g/mol. The van der Waals surface area contributed by atoms with Crippen molar-refractivity contribution in [1.29, 1.82) is 0 Å². The highest BCUT2D eigenvalue weighted by molar-refractivity contribution is 5.90. The molecule has 0 heterocycles. The predicted molar refractivity (Wildman–Crippen MR) is 92.9 cm³/mol. The first-order chi connectivity index (χ1) is 11.9. The van der Waals surface area contributed by atoms with Crippen molar-refractivity contribution in [2.45, 2.75) is 0 Å². The number of aromatic carboxylic acids is 1. The lowest BCUT2D eigenvalue weighted by atomic mass is 10.2. The Balaban J connectivity index is 0.000000191. The summed E-state index contributed by atoms with van der Waals surface area (Å²) in [5.74, 6) is -0.814. The molecule has 0 amide bonds. The van der Waals surface area contributed by atoms with E-state index in [4.69, 9.17) is 25.5 Å². The van der Waals surface area contributed by atoms with Gasteiger partial charge in [-0.2, -0.15) is 0 Å². The van der Waals surface area contributed by atoms with Crippen LogP contribution in [0.25, 0.3) is 0 Å². The molecule has 25 heavy (non-hydrogen) atoms. The molecule has 0 radical (unpaired) electrons. The molecule has 3 aromatic rings. The molecule has 0 saturated carbocycles. The van der Waals surface area contributed by atoms with Crippen molar-refractivity contribution in [3.05, 3.63) is 84.4 Å². The van der Waals surface area contributed by atoms with E-state index in [-0.39, 0.29) is 22.8 Å². The Morgan fingerprint density at radius 3 is 1.40 bits per heavy atom. The zero-order valence-electron chi connectivity index (χ0n) is 13.1. The maximum atomic E-state index is 10.3. The zero-order chi connectivity index (χ0) is 18.7. The average Bonchev–Trinajstić information content (AvgIpc) is 2.57. The first-order valence-electron chi connectivity index (χ1n) is 7.13. The van der Waals surface area contributed by atoms with Gasteiger partial charge in [0.05, 0.1) is 0 Å². The highest BCUT2D eigenvalue weighted by atomic mass is 16.4. The second-order valence-electron chi connectivity index (χ2n) is 4.68. The van der Waals surface area contributed by atoms with E-state index < -0.39 is 5.97 Å². The van der Waals surface area contributed by atoms with Gasteiger partial charge in [0.15, 0.2) is 0 Å². The minimum absolute atomic E-state index is 0.0671. The van der Waals surface area contributed by atoms with Gasteiger partial charge in [0.1, 0.15) is 28.6 Å². The second kappa shape index (κ2) is 10.2. The third kappa shape index (κ3) is 7.94. The van der Waals surface area contributed by atoms with Crippen LogP contribution in [0.1, 0.15) is 10.4 Å². The molecule has 0 aromatic heterocycles. The smallest absolute Gasteiger partial charge is 0.339 e. The Kier molecular flexibility index (Phi) is 7.88. The molecule has 0 aliphatic carbocycles. The van der Waals surface area contributed by atoms with Crippen LogP contribution in [0.2, 0.25) is 0 Å². The van der Waals surface area contributed by atoms with Crippen molar-refractivity contribution < 1.29 is 30.3 Å². The Labute approximate surface area is 144 Å². The zero-order valence-corrected chi connectivity index (χ0v) is 13.1. The van der Waals surface area contributed by atoms with Crippen molar-refractivity contribution in [2.24, 2.45) is 0 Å². The third-order valence-corrected chi connectivity index (χ3v) is 2.72. The maximum absolute atomic E-state index is 10.3. The van der Waals surface area contributed by atoms with Gasteiger partial charge in [-0.15, -0.1) is 0 Å². The summed E-state index contributed by atoms with van der Waals surface area (Å²) in [6.45, 7) is 0. The first kappa shape index (κ1) is 19.4. The molecule has 0 bridgehead atoms. The largest absolute Gasteiger partial charge is 0.508 e. The van der Waals surface area contributed by atoms with Crippen molar-refractivity contribution in [1.82, 2.24) is 0 Å². The quantitative estimate of drug-likeness (QED) is 0.461. The van der Waals surface area contributed by atoms with E-state index in [0.29, 0.717) is 5.75 Å². The van der Waals surface area contributed by atoms with E-state index in [1.165, 1.54) is 30.3 Å². The predicted octanol–water partition coefficient (Wildman–Crippen LogP) is 3.58. The standard InChI is InChI=1S/C7H6O3.C6H6O2.C6H6O/c8-6-4-2-1-3-5(6)7(9)10;7-5-2-1-3-6(8)4-5;7-6-4-2-1-3-5-6/h1-4,8H,(H,9,10);1-4,7-8H;1-5,7H. The van der Waals surface area contributed by atoms with Gasteiger partial charge in [0.25, 0.3) is 0 Å². The number of aromatic hydroxyl groups is 4. The number of para-hydroxylation sites is 2. The number of carbonyl (C=O) groups is 1. The number of hydrogen-bond acceptors (Lipinski definition) is 5. The van der Waals surface area contributed by atoms with Crippen LogP contribution in [0, 0.1) is 0 Å². The van der Waals surface area contributed by atoms with Crippen LogP contribution in [-0.4, -0.2) is 31.5 Å². The molecule has 0 saturated heterocycles. The Morgan fingerprint density at radius 1 is 0.600 bits per heavy atom. The van der Waals surface area contributed by atoms with E-state index in [1.807, 2.05) is 6.07 Å². The topological polar surface area (TPSA) is 118 Å². The van der Waals surface area contributed by atoms with Crippen LogP contribution in [0.5, 0.6) is 23.0 Å². The fraction of sp³-hybridized carbons (Fsp3) is 0. The Bertz CT molecular complexity index is 769. The Hall–Kier alpha value is -3.67. The average molecular weight is 342 g/mol. The summed E-state index contributed by atoms with van der Waals surface area (Å²) < 4.78 is 0. The van der Waals surface area contributed by atoms with E-state index in [0.717, 1.165) is 0 Å². The molecular formula is C19H18O6. The molecule has 0 fully saturated rings. The number of hydrogen-bond donors (Lipinski definition) is 5. The van der Waals surface area contributed by atoms with Crippen LogP contribution >= 0.6 is 0 Å². The van der Waals surface area contributed by atoms with Crippen molar-refractivity contribution in [3.63, 3.8) is 0 Å². The number of phenolic OH excluding ortho intramolecular Hbond substituents is 3. The summed E-state index contributed by atoms with van der Waals surface area (Å²) in [6.07, 6.45) is 0. The highest BCUT2D eigenvalue weighted by Gasteiger charge is 2.05. The molecule has 130 valence electrons. The number of rotatable bonds is 1. The lowest BCUT2D eigenvalue weighted by molar-refractivity contribution is 0.0693. The van der Waals surface area contributed by atoms with Gasteiger partial charge in [-0.05, 0) is 36.4 Å². The van der Waals surface area contributed by atoms with Gasteiger partial charge in [-0.25, -0.2) is 4.79 Å². The summed E-state index contributed by atoms with van der Waals surface area (Å²) >= 11 is 0. The van der Waals surface area contributed by atoms with Crippen LogP contribution in [0.15, 0.2) is 78.9 Å². The van der Waals surface area contributed by atoms with Gasteiger partial charge >= 0.3 is 5.97 Å². The lowest BCUT2D eigenvalue weighted by Crippen LogP contribution is -1.95. The van der Waals surface area contributed by atoms with E-state index >= 15 is 0 Å². The number of carboxylic acids is 1. The molecule has 3 rings (SSSR count). The van der Waals surface area contributed by atoms with Crippen LogP contribution < -0.4 is 0 Å². The van der Waals surface area contributed by atoms with Crippen LogP contribution in [0.3, 0.4) is 0 Å². The molecular weight excluding hydrogens is 324 g/mol. The number of benzene rings is 3.